The van der Waals surface area contributed by atoms with Gasteiger partial charge in [-0.2, -0.15) is 0 Å². The monoisotopic (exact) mass is 610 g/mol. The molecule has 0 aromatic carbocycles. The Morgan fingerprint density at radius 3 is 1.41 bits per heavy atom. The zero-order chi connectivity index (χ0) is 31.8. The van der Waals surface area contributed by atoms with E-state index in [9.17, 15) is 14.4 Å². The highest BCUT2D eigenvalue weighted by Gasteiger charge is 2.23. The molecule has 232 valence electrons. The molecule has 0 rings (SSSR count). The lowest BCUT2D eigenvalue weighted by Gasteiger charge is -2.19. The second-order valence-electron chi connectivity index (χ2n) is 11.8. The van der Waals surface area contributed by atoms with Crippen LogP contribution in [0.2, 0.25) is 65.0 Å². The van der Waals surface area contributed by atoms with Crippen molar-refractivity contribution in [3.05, 3.63) is 24.3 Å². The van der Waals surface area contributed by atoms with Crippen molar-refractivity contribution < 1.29 is 43.2 Å². The van der Waals surface area contributed by atoms with Crippen LogP contribution in [0.15, 0.2) is 24.3 Å². The smallest absolute Gasteiger partial charge is 0.333 e. The standard InChI is InChI=1S/C9H18O3Si.C9H20O3Si.C6H10O3.C3H10Si/c1-8(2)9(10)11-6-7-12-13(3,4)5;1-8(7-13(2,3)4)9(11)12-6-5-10;1-5(2)6(8)9-4-3-7;1-4(2)3/h1,6-7H2,2-5H3;8,10H,5-7H2,1-4H3;7H,1,3-4H2,2H3;4H,1-3H3. The predicted octanol–water partition coefficient (Wildman–Crippen LogP) is 4.65. The molecule has 0 radical (unpaired) electrons. The molecule has 0 aliphatic rings. The Morgan fingerprint density at radius 2 is 1.10 bits per heavy atom. The molecule has 0 aromatic rings. The number of esters is 3. The second kappa shape index (κ2) is 25.4. The summed E-state index contributed by atoms with van der Waals surface area (Å²) < 4.78 is 19.6. The predicted molar refractivity (Wildman–Crippen MR) is 168 cm³/mol. The topological polar surface area (TPSA) is 129 Å². The van der Waals surface area contributed by atoms with Gasteiger partial charge in [0.15, 0.2) is 8.32 Å². The summed E-state index contributed by atoms with van der Waals surface area (Å²) in [5, 5.41) is 16.7. The number of carbonyl (C=O) groups excluding carboxylic acids is 3. The number of aliphatic hydroxyl groups is 2. The Hall–Kier alpha value is -1.58. The van der Waals surface area contributed by atoms with Gasteiger partial charge >= 0.3 is 17.9 Å². The first kappa shape index (κ1) is 44.4. The van der Waals surface area contributed by atoms with Crippen LogP contribution in [-0.4, -0.2) is 93.0 Å². The lowest BCUT2D eigenvalue weighted by Crippen LogP contribution is -2.28. The summed E-state index contributed by atoms with van der Waals surface area (Å²) in [6.07, 6.45) is 0. The largest absolute Gasteiger partial charge is 0.463 e. The molecule has 0 fully saturated rings. The van der Waals surface area contributed by atoms with E-state index >= 15 is 0 Å². The summed E-state index contributed by atoms with van der Waals surface area (Å²) in [6.45, 7) is 32.5. The second-order valence-corrected chi connectivity index (χ2v) is 25.3. The van der Waals surface area contributed by atoms with E-state index in [1.807, 2.05) is 6.92 Å². The zero-order valence-electron chi connectivity index (χ0n) is 26.8. The Bertz CT molecular complexity index is 695. The van der Waals surface area contributed by atoms with E-state index in [0.29, 0.717) is 24.4 Å². The van der Waals surface area contributed by atoms with Gasteiger partial charge in [0.2, 0.25) is 0 Å². The van der Waals surface area contributed by atoms with Crippen molar-refractivity contribution in [1.29, 1.82) is 0 Å². The maximum absolute atomic E-state index is 11.3. The molecule has 0 amide bonds. The third-order valence-corrected chi connectivity index (χ3v) is 6.44. The van der Waals surface area contributed by atoms with Crippen LogP contribution < -0.4 is 0 Å². The number of hydrogen-bond acceptors (Lipinski definition) is 9. The summed E-state index contributed by atoms with van der Waals surface area (Å²) in [5.41, 5.74) is 0.774. The average Bonchev–Trinajstić information content (AvgIpc) is 2.77. The number of rotatable bonds is 13. The molecule has 0 heterocycles. The molecule has 9 nitrogen and oxygen atoms in total. The highest BCUT2D eigenvalue weighted by Crippen LogP contribution is 2.17. The summed E-state index contributed by atoms with van der Waals surface area (Å²) >= 11 is 0. The molecule has 0 aromatic heterocycles. The van der Waals surface area contributed by atoms with Gasteiger partial charge in [0.25, 0.3) is 0 Å². The van der Waals surface area contributed by atoms with Crippen LogP contribution in [0.4, 0.5) is 0 Å². The van der Waals surface area contributed by atoms with Crippen molar-refractivity contribution >= 4 is 43.1 Å². The zero-order valence-corrected chi connectivity index (χ0v) is 29.9. The molecule has 0 spiro atoms. The van der Waals surface area contributed by atoms with Crippen molar-refractivity contribution in [2.45, 2.75) is 85.7 Å². The Balaban J connectivity index is -0.000000223. The minimum Gasteiger partial charge on any atom is -0.463 e. The number of ether oxygens (including phenoxy) is 3. The number of carbonyl (C=O) groups is 3. The number of hydrogen-bond donors (Lipinski definition) is 2. The summed E-state index contributed by atoms with van der Waals surface area (Å²) in [5.74, 6) is -1.02. The molecule has 12 heteroatoms. The van der Waals surface area contributed by atoms with Crippen molar-refractivity contribution in [3.63, 3.8) is 0 Å². The van der Waals surface area contributed by atoms with Gasteiger partial charge < -0.3 is 28.8 Å². The van der Waals surface area contributed by atoms with Crippen molar-refractivity contribution in [2.75, 3.05) is 39.6 Å². The van der Waals surface area contributed by atoms with Crippen LogP contribution in [0.3, 0.4) is 0 Å². The molecular formula is C27H58O9Si3. The van der Waals surface area contributed by atoms with Gasteiger partial charge in [0.1, 0.15) is 19.8 Å². The van der Waals surface area contributed by atoms with Crippen molar-refractivity contribution in [2.24, 2.45) is 5.92 Å². The van der Waals surface area contributed by atoms with Crippen LogP contribution in [0, 0.1) is 5.92 Å². The van der Waals surface area contributed by atoms with E-state index in [-0.39, 0.29) is 53.1 Å². The van der Waals surface area contributed by atoms with E-state index in [0.717, 1.165) is 6.04 Å². The van der Waals surface area contributed by atoms with Gasteiger partial charge in [-0.1, -0.05) is 59.4 Å². The van der Waals surface area contributed by atoms with Crippen LogP contribution in [0.5, 0.6) is 0 Å². The Kier molecular flexibility index (Phi) is 28.9. The fraction of sp³-hybridized carbons (Fsp3) is 0.741. The molecule has 2 N–H and O–H groups in total. The molecular weight excluding hydrogens is 553 g/mol. The van der Waals surface area contributed by atoms with E-state index in [4.69, 9.17) is 24.1 Å². The number of aliphatic hydroxyl groups excluding tert-OH is 2. The molecule has 0 aliphatic carbocycles. The molecule has 1 unspecified atom stereocenters. The van der Waals surface area contributed by atoms with Crippen LogP contribution in [-0.2, 0) is 33.0 Å². The normalized spacial score (nSPS) is 11.3. The lowest BCUT2D eigenvalue weighted by atomic mass is 10.2. The van der Waals surface area contributed by atoms with Gasteiger partial charge in [0.05, 0.1) is 25.7 Å². The van der Waals surface area contributed by atoms with Gasteiger partial charge in [-0.05, 0) is 39.5 Å². The first-order valence-electron chi connectivity index (χ1n) is 13.3. The minimum atomic E-state index is -1.47. The third-order valence-electron chi connectivity index (χ3n) is 3.53. The highest BCUT2D eigenvalue weighted by molar-refractivity contribution is 6.76. The maximum Gasteiger partial charge on any atom is 0.333 e. The van der Waals surface area contributed by atoms with Crippen LogP contribution in [0.1, 0.15) is 20.8 Å². The molecule has 39 heavy (non-hydrogen) atoms. The maximum atomic E-state index is 11.3. The van der Waals surface area contributed by atoms with E-state index in [2.05, 4.69) is 76.8 Å². The fourth-order valence-electron chi connectivity index (χ4n) is 2.16. The molecule has 0 aliphatic heterocycles. The van der Waals surface area contributed by atoms with Gasteiger partial charge in [0, 0.05) is 28.0 Å². The third kappa shape index (κ3) is 43.7. The fourth-order valence-corrected chi connectivity index (χ4v) is 4.86. The summed E-state index contributed by atoms with van der Waals surface area (Å²) in [7, 11) is -2.79. The Labute approximate surface area is 241 Å². The molecule has 1 atom stereocenters. The van der Waals surface area contributed by atoms with E-state index in [1.54, 1.807) is 13.8 Å². The molecule has 0 saturated heterocycles. The average molecular weight is 611 g/mol. The summed E-state index contributed by atoms with van der Waals surface area (Å²) in [6, 6.07) is 0.942. The quantitative estimate of drug-likeness (QED) is 0.101. The molecule has 0 saturated carbocycles. The SMILES string of the molecule is C=C(C)C(=O)OCCO.C=C(C)C(=O)OCCO[Si](C)(C)C.CC(C[Si](C)(C)C)C(=O)OCCO.C[SiH](C)C. The van der Waals surface area contributed by atoms with Crippen LogP contribution in [0.25, 0.3) is 0 Å². The highest BCUT2D eigenvalue weighted by atomic mass is 28.4. The van der Waals surface area contributed by atoms with Crippen LogP contribution >= 0.6 is 0 Å². The first-order chi connectivity index (χ1) is 17.6. The van der Waals surface area contributed by atoms with E-state index in [1.165, 1.54) is 0 Å². The van der Waals surface area contributed by atoms with Gasteiger partial charge in [-0.25, -0.2) is 9.59 Å². The Morgan fingerprint density at radius 1 is 0.744 bits per heavy atom. The molecule has 0 bridgehead atoms. The van der Waals surface area contributed by atoms with Gasteiger partial charge in [-0.3, -0.25) is 4.79 Å². The first-order valence-corrected chi connectivity index (χ1v) is 23.9. The minimum absolute atomic E-state index is 0.0294. The van der Waals surface area contributed by atoms with E-state index < -0.39 is 22.4 Å². The van der Waals surface area contributed by atoms with Crippen molar-refractivity contribution in [1.82, 2.24) is 0 Å². The lowest BCUT2D eigenvalue weighted by molar-refractivity contribution is -0.148. The van der Waals surface area contributed by atoms with Gasteiger partial charge in [-0.15, -0.1) is 0 Å². The summed E-state index contributed by atoms with van der Waals surface area (Å²) in [4.78, 5) is 32.6. The van der Waals surface area contributed by atoms with Crippen molar-refractivity contribution in [3.8, 4) is 0 Å².